The van der Waals surface area contributed by atoms with Crippen molar-refractivity contribution in [3.05, 3.63) is 59.5 Å². The van der Waals surface area contributed by atoms with Crippen LogP contribution in [0.15, 0.2) is 47.6 Å². The van der Waals surface area contributed by atoms with Gasteiger partial charge in [-0.25, -0.2) is 9.37 Å². The number of rotatable bonds is 7. The molecule has 0 aliphatic rings. The maximum Gasteiger partial charge on any atom is 0.254 e. The Kier molecular flexibility index (Phi) is 6.55. The first kappa shape index (κ1) is 17.4. The first-order valence-corrected chi connectivity index (χ1v) is 8.33. The van der Waals surface area contributed by atoms with Gasteiger partial charge in [-0.05, 0) is 43.2 Å². The third-order valence-electron chi connectivity index (χ3n) is 3.15. The van der Waals surface area contributed by atoms with Gasteiger partial charge in [0.1, 0.15) is 10.8 Å². The van der Waals surface area contributed by atoms with Crippen LogP contribution in [0.4, 0.5) is 4.39 Å². The van der Waals surface area contributed by atoms with Crippen molar-refractivity contribution in [2.24, 2.45) is 0 Å². The number of amides is 1. The van der Waals surface area contributed by atoms with Gasteiger partial charge in [-0.2, -0.15) is 0 Å². The van der Waals surface area contributed by atoms with Crippen LogP contribution in [0, 0.1) is 5.82 Å². The van der Waals surface area contributed by atoms with Crippen LogP contribution in [0.5, 0.6) is 0 Å². The topological polar surface area (TPSA) is 62.2 Å². The van der Waals surface area contributed by atoms with Gasteiger partial charge in [-0.3, -0.25) is 4.79 Å². The third-order valence-corrected chi connectivity index (χ3v) is 4.23. The summed E-state index contributed by atoms with van der Waals surface area (Å²) >= 11 is 1.43. The summed E-state index contributed by atoms with van der Waals surface area (Å²) in [6, 6.07) is 9.69. The Bertz CT molecular complexity index is 647. The van der Waals surface area contributed by atoms with Gasteiger partial charge >= 0.3 is 0 Å². The number of hydrogen-bond acceptors (Lipinski definition) is 4. The number of aliphatic hydroxyl groups excluding tert-OH is 1. The minimum Gasteiger partial charge on any atom is -0.393 e. The molecule has 1 heterocycles. The second-order valence-corrected chi connectivity index (χ2v) is 6.13. The number of benzene rings is 1. The molecule has 4 nitrogen and oxygen atoms in total. The summed E-state index contributed by atoms with van der Waals surface area (Å²) in [5.41, 5.74) is 1.47. The van der Waals surface area contributed by atoms with Crippen LogP contribution in [0.1, 0.15) is 29.3 Å². The lowest BCUT2D eigenvalue weighted by atomic mass is 10.2. The molecule has 0 aliphatic heterocycles. The number of nitrogens with one attached hydrogen (secondary N) is 1. The van der Waals surface area contributed by atoms with Crippen molar-refractivity contribution in [1.29, 1.82) is 0 Å². The fraction of sp³-hybridized carbons (Fsp3) is 0.294. The van der Waals surface area contributed by atoms with Crippen LogP contribution >= 0.6 is 11.8 Å². The third kappa shape index (κ3) is 5.65. The summed E-state index contributed by atoms with van der Waals surface area (Å²) in [6.45, 7) is 2.09. The summed E-state index contributed by atoms with van der Waals surface area (Å²) in [4.78, 5) is 16.5. The smallest absolute Gasteiger partial charge is 0.254 e. The van der Waals surface area contributed by atoms with Gasteiger partial charge in [0.25, 0.3) is 5.91 Å². The molecule has 0 radical (unpaired) electrons. The van der Waals surface area contributed by atoms with Crippen molar-refractivity contribution in [3.63, 3.8) is 0 Å². The fourth-order valence-electron chi connectivity index (χ4n) is 1.90. The lowest BCUT2D eigenvalue weighted by Crippen LogP contribution is -2.27. The van der Waals surface area contributed by atoms with Crippen LogP contribution in [0.3, 0.4) is 0 Å². The van der Waals surface area contributed by atoms with Crippen molar-refractivity contribution in [1.82, 2.24) is 10.3 Å². The Morgan fingerprint density at radius 2 is 2.09 bits per heavy atom. The highest BCUT2D eigenvalue weighted by molar-refractivity contribution is 7.98. The van der Waals surface area contributed by atoms with Crippen molar-refractivity contribution in [3.8, 4) is 0 Å². The van der Waals surface area contributed by atoms with E-state index >= 15 is 0 Å². The Hall–Kier alpha value is -1.92. The van der Waals surface area contributed by atoms with Crippen LogP contribution < -0.4 is 5.32 Å². The molecule has 1 amide bonds. The molecule has 2 aromatic rings. The predicted octanol–water partition coefficient (Wildman–Crippen LogP) is 3.01. The lowest BCUT2D eigenvalue weighted by molar-refractivity contribution is 0.0942. The molecule has 0 bridgehead atoms. The van der Waals surface area contributed by atoms with Gasteiger partial charge in [0, 0.05) is 18.5 Å². The lowest BCUT2D eigenvalue weighted by Gasteiger charge is -2.10. The summed E-state index contributed by atoms with van der Waals surface area (Å²) in [6.07, 6.45) is 1.69. The highest BCUT2D eigenvalue weighted by Gasteiger charge is 2.12. The zero-order valence-electron chi connectivity index (χ0n) is 12.8. The minimum absolute atomic E-state index is 0.208. The monoisotopic (exact) mass is 334 g/mol. The SMILES string of the molecule is CC(O)CCNC(=O)c1cccnc1SCc1ccc(F)cc1. The summed E-state index contributed by atoms with van der Waals surface area (Å²) in [7, 11) is 0. The molecular formula is C17H19FN2O2S. The fourth-order valence-corrected chi connectivity index (χ4v) is 2.85. The quantitative estimate of drug-likeness (QED) is 0.764. The maximum atomic E-state index is 12.9. The molecule has 0 saturated heterocycles. The summed E-state index contributed by atoms with van der Waals surface area (Å²) < 4.78 is 12.9. The van der Waals surface area contributed by atoms with Crippen LogP contribution in [-0.2, 0) is 5.75 Å². The van der Waals surface area contributed by atoms with E-state index in [-0.39, 0.29) is 11.7 Å². The van der Waals surface area contributed by atoms with E-state index < -0.39 is 6.10 Å². The Morgan fingerprint density at radius 1 is 1.35 bits per heavy atom. The summed E-state index contributed by atoms with van der Waals surface area (Å²) in [5.74, 6) is 0.126. The Morgan fingerprint density at radius 3 is 2.78 bits per heavy atom. The molecule has 122 valence electrons. The second kappa shape index (κ2) is 8.64. The summed E-state index contributed by atoms with van der Waals surface area (Å²) in [5, 5.41) is 12.6. The molecule has 0 spiro atoms. The van der Waals surface area contributed by atoms with Crippen LogP contribution in [0.2, 0.25) is 0 Å². The number of nitrogens with zero attached hydrogens (tertiary/aromatic N) is 1. The number of hydrogen-bond donors (Lipinski definition) is 2. The van der Waals surface area contributed by atoms with Gasteiger partial charge < -0.3 is 10.4 Å². The van der Waals surface area contributed by atoms with Gasteiger partial charge in [0.15, 0.2) is 0 Å². The van der Waals surface area contributed by atoms with Gasteiger partial charge in [0.05, 0.1) is 11.7 Å². The van der Waals surface area contributed by atoms with Crippen molar-refractivity contribution < 1.29 is 14.3 Å². The van der Waals surface area contributed by atoms with Crippen LogP contribution in [-0.4, -0.2) is 28.6 Å². The zero-order chi connectivity index (χ0) is 16.7. The average molecular weight is 334 g/mol. The number of aromatic nitrogens is 1. The molecule has 2 rings (SSSR count). The minimum atomic E-state index is -0.448. The standard InChI is InChI=1S/C17H19FN2O2S/c1-12(21)8-10-19-16(22)15-3-2-9-20-17(15)23-11-13-4-6-14(18)7-5-13/h2-7,9,12,21H,8,10-11H2,1H3,(H,19,22). The van der Waals surface area contributed by atoms with Crippen molar-refractivity contribution in [2.45, 2.75) is 30.2 Å². The van der Waals surface area contributed by atoms with E-state index in [1.165, 1.54) is 23.9 Å². The number of halogens is 1. The highest BCUT2D eigenvalue weighted by Crippen LogP contribution is 2.24. The van der Waals surface area contributed by atoms with Gasteiger partial charge in [-0.1, -0.05) is 12.1 Å². The molecule has 0 saturated carbocycles. The van der Waals surface area contributed by atoms with E-state index in [9.17, 15) is 14.3 Å². The van der Waals surface area contributed by atoms with E-state index in [0.29, 0.717) is 29.3 Å². The molecule has 6 heteroatoms. The molecule has 1 aromatic heterocycles. The van der Waals surface area contributed by atoms with E-state index in [1.54, 1.807) is 37.4 Å². The normalized spacial score (nSPS) is 12.0. The molecule has 0 aliphatic carbocycles. The molecule has 1 unspecified atom stereocenters. The Labute approximate surface area is 139 Å². The zero-order valence-corrected chi connectivity index (χ0v) is 13.6. The van der Waals surface area contributed by atoms with Gasteiger partial charge in [-0.15, -0.1) is 11.8 Å². The first-order chi connectivity index (χ1) is 11.1. The van der Waals surface area contributed by atoms with Crippen molar-refractivity contribution >= 4 is 17.7 Å². The number of aliphatic hydroxyl groups is 1. The second-order valence-electron chi connectivity index (χ2n) is 5.16. The maximum absolute atomic E-state index is 12.9. The van der Waals surface area contributed by atoms with Crippen LogP contribution in [0.25, 0.3) is 0 Å². The molecule has 23 heavy (non-hydrogen) atoms. The average Bonchev–Trinajstić information content (AvgIpc) is 2.54. The van der Waals surface area contributed by atoms with Gasteiger partial charge in [0.2, 0.25) is 0 Å². The molecular weight excluding hydrogens is 315 g/mol. The van der Waals surface area contributed by atoms with E-state index in [2.05, 4.69) is 10.3 Å². The van der Waals surface area contributed by atoms with E-state index in [1.807, 2.05) is 0 Å². The largest absolute Gasteiger partial charge is 0.393 e. The predicted molar refractivity (Wildman–Crippen MR) is 88.8 cm³/mol. The molecule has 0 fully saturated rings. The number of thioether (sulfide) groups is 1. The first-order valence-electron chi connectivity index (χ1n) is 7.35. The number of carbonyl (C=O) groups is 1. The Balaban J connectivity index is 1.99. The molecule has 1 atom stereocenters. The molecule has 2 N–H and O–H groups in total. The van der Waals surface area contributed by atoms with E-state index in [4.69, 9.17) is 0 Å². The van der Waals surface area contributed by atoms with Crippen molar-refractivity contribution in [2.75, 3.05) is 6.54 Å². The molecule has 1 aromatic carbocycles. The number of pyridine rings is 1. The highest BCUT2D eigenvalue weighted by atomic mass is 32.2. The van der Waals surface area contributed by atoms with E-state index in [0.717, 1.165) is 5.56 Å². The number of carbonyl (C=O) groups excluding carboxylic acids is 1.